The molecule has 0 fully saturated rings. The van der Waals surface area contributed by atoms with E-state index in [0.29, 0.717) is 0 Å². The molecule has 0 radical (unpaired) electrons. The molecular weight excluding hydrogens is 438 g/mol. The lowest BCUT2D eigenvalue weighted by Gasteiger charge is -2.20. The smallest absolute Gasteiger partial charge is 0.0653 e. The fraction of sp³-hybridized carbons (Fsp3) is 0.455. The molecule has 0 saturated carbocycles. The third-order valence-electron chi connectivity index (χ3n) is 5.05. The van der Waals surface area contributed by atoms with Gasteiger partial charge in [-0.15, -0.1) is 0 Å². The van der Waals surface area contributed by atoms with Crippen molar-refractivity contribution in [3.05, 3.63) is 95.4 Å². The van der Waals surface area contributed by atoms with Crippen LogP contribution in [0.25, 0.3) is 0 Å². The number of benzene rings is 1. The van der Waals surface area contributed by atoms with Gasteiger partial charge in [0.15, 0.2) is 0 Å². The van der Waals surface area contributed by atoms with E-state index in [2.05, 4.69) is 93.7 Å². The summed E-state index contributed by atoms with van der Waals surface area (Å²) in [5, 5.41) is 3.15. The van der Waals surface area contributed by atoms with E-state index in [9.17, 15) is 0 Å². The van der Waals surface area contributed by atoms with Crippen molar-refractivity contribution in [1.29, 1.82) is 0 Å². The Balaban J connectivity index is -0.000000541. The van der Waals surface area contributed by atoms with Gasteiger partial charge in [0.1, 0.15) is 0 Å². The second-order valence-corrected chi connectivity index (χ2v) is 8.99. The Morgan fingerprint density at radius 1 is 1.00 bits per heavy atom. The number of aliphatic imine (C=N–C) groups is 2. The van der Waals surface area contributed by atoms with Crippen LogP contribution < -0.4 is 5.32 Å². The molecule has 0 aliphatic heterocycles. The predicted octanol–water partition coefficient (Wildman–Crippen LogP) is 9.61. The van der Waals surface area contributed by atoms with Gasteiger partial charge in [-0.05, 0) is 83.1 Å². The summed E-state index contributed by atoms with van der Waals surface area (Å²) in [6.45, 7) is 38.5. The Bertz CT molecular complexity index is 909. The highest BCUT2D eigenvalue weighted by molar-refractivity contribution is 6.08. The van der Waals surface area contributed by atoms with Gasteiger partial charge in [-0.1, -0.05) is 96.7 Å². The first kappa shape index (κ1) is 37.8. The molecule has 202 valence electrons. The SMILES string of the molecule is C=C(C)Cc1ccc(CNC)cc1C.C=N/C=C(\C)N=C(C=CC(C)(C)C(=C)C)C(=C)C.CC.CC. The zero-order valence-corrected chi connectivity index (χ0v) is 25.6. The summed E-state index contributed by atoms with van der Waals surface area (Å²) in [5.74, 6) is 0. The standard InChI is InChI=1S/C16H24N2.C13H19N.2C2H6/c1-12(2)15(18-14(5)11-17-8)9-10-16(6,7)13(3)4;1-10(2)7-13-6-5-12(9-14-4)8-11(13)3;2*1-2/h9-11H,1,3,8H2,2,4-7H3;5-6,8,14H,1,7,9H2,2-4H3;2*1-2H3/b10-9?,14-11+,18-15?;;;. The van der Waals surface area contributed by atoms with Gasteiger partial charge in [0, 0.05) is 18.2 Å². The van der Waals surface area contributed by atoms with E-state index < -0.39 is 0 Å². The molecule has 1 N–H and O–H groups in total. The Hall–Kier alpha value is -2.78. The van der Waals surface area contributed by atoms with Crippen molar-refractivity contribution in [2.45, 2.75) is 89.1 Å². The Labute approximate surface area is 224 Å². The van der Waals surface area contributed by atoms with Gasteiger partial charge in [0.25, 0.3) is 0 Å². The van der Waals surface area contributed by atoms with Crippen molar-refractivity contribution in [1.82, 2.24) is 5.32 Å². The maximum Gasteiger partial charge on any atom is 0.0653 e. The molecule has 0 unspecified atom stereocenters. The normalized spacial score (nSPS) is 11.2. The van der Waals surface area contributed by atoms with Crippen LogP contribution in [-0.2, 0) is 13.0 Å². The maximum atomic E-state index is 4.46. The van der Waals surface area contributed by atoms with Crippen molar-refractivity contribution < 1.29 is 0 Å². The number of rotatable bonds is 10. The average molecular weight is 494 g/mol. The van der Waals surface area contributed by atoms with Gasteiger partial charge in [0.05, 0.1) is 11.4 Å². The molecule has 0 aliphatic carbocycles. The van der Waals surface area contributed by atoms with Crippen LogP contribution in [0.5, 0.6) is 0 Å². The average Bonchev–Trinajstić information content (AvgIpc) is 2.81. The molecule has 0 heterocycles. The first-order valence-electron chi connectivity index (χ1n) is 12.9. The molecule has 0 bridgehead atoms. The van der Waals surface area contributed by atoms with Crippen LogP contribution in [0.15, 0.2) is 88.7 Å². The van der Waals surface area contributed by atoms with Crippen molar-refractivity contribution in [2.75, 3.05) is 7.05 Å². The van der Waals surface area contributed by atoms with Gasteiger partial charge in [-0.3, -0.25) is 9.98 Å². The zero-order chi connectivity index (χ0) is 28.9. The summed E-state index contributed by atoms with van der Waals surface area (Å²) in [6.07, 6.45) is 6.70. The molecule has 0 spiro atoms. The molecule has 0 saturated heterocycles. The van der Waals surface area contributed by atoms with Gasteiger partial charge in [0.2, 0.25) is 0 Å². The van der Waals surface area contributed by atoms with Crippen LogP contribution in [-0.4, -0.2) is 19.5 Å². The molecular formula is C33H55N3. The van der Waals surface area contributed by atoms with E-state index in [1.807, 2.05) is 61.6 Å². The molecule has 0 aromatic heterocycles. The second-order valence-electron chi connectivity index (χ2n) is 8.99. The molecule has 3 nitrogen and oxygen atoms in total. The highest BCUT2D eigenvalue weighted by atomic mass is 14.8. The van der Waals surface area contributed by atoms with Gasteiger partial charge in [-0.2, -0.15) is 0 Å². The summed E-state index contributed by atoms with van der Waals surface area (Å²) in [6, 6.07) is 6.63. The van der Waals surface area contributed by atoms with Crippen LogP contribution in [0.1, 0.15) is 85.9 Å². The van der Waals surface area contributed by atoms with Crippen LogP contribution in [0, 0.1) is 12.3 Å². The molecule has 0 aliphatic rings. The van der Waals surface area contributed by atoms with E-state index in [4.69, 9.17) is 0 Å². The number of nitrogens with zero attached hydrogens (tertiary/aromatic N) is 2. The van der Waals surface area contributed by atoms with Crippen LogP contribution >= 0.6 is 0 Å². The molecule has 0 atom stereocenters. The quantitative estimate of drug-likeness (QED) is 0.255. The van der Waals surface area contributed by atoms with Crippen LogP contribution in [0.2, 0.25) is 0 Å². The Morgan fingerprint density at radius 2 is 1.56 bits per heavy atom. The number of aryl methyl sites for hydroxylation is 1. The monoisotopic (exact) mass is 493 g/mol. The highest BCUT2D eigenvalue weighted by Gasteiger charge is 2.14. The van der Waals surface area contributed by atoms with Crippen molar-refractivity contribution in [3.63, 3.8) is 0 Å². The fourth-order valence-corrected chi connectivity index (χ4v) is 2.65. The number of allylic oxidation sites excluding steroid dienone is 6. The largest absolute Gasteiger partial charge is 0.316 e. The first-order valence-corrected chi connectivity index (χ1v) is 12.9. The zero-order valence-electron chi connectivity index (χ0n) is 25.6. The predicted molar refractivity (Wildman–Crippen MR) is 168 cm³/mol. The van der Waals surface area contributed by atoms with Gasteiger partial charge in [-0.25, -0.2) is 0 Å². The molecule has 1 aromatic carbocycles. The van der Waals surface area contributed by atoms with E-state index in [-0.39, 0.29) is 5.41 Å². The summed E-state index contributed by atoms with van der Waals surface area (Å²) in [7, 11) is 1.97. The van der Waals surface area contributed by atoms with E-state index in [0.717, 1.165) is 35.5 Å². The highest BCUT2D eigenvalue weighted by Crippen LogP contribution is 2.26. The van der Waals surface area contributed by atoms with Gasteiger partial charge >= 0.3 is 0 Å². The minimum Gasteiger partial charge on any atom is -0.316 e. The third kappa shape index (κ3) is 17.6. The molecule has 1 rings (SSSR count). The summed E-state index contributed by atoms with van der Waals surface area (Å²) >= 11 is 0. The lowest BCUT2D eigenvalue weighted by atomic mass is 9.85. The minimum absolute atomic E-state index is 0.0511. The van der Waals surface area contributed by atoms with E-state index in [1.54, 1.807) is 6.20 Å². The Kier molecular flexibility index (Phi) is 22.6. The van der Waals surface area contributed by atoms with Crippen molar-refractivity contribution in [3.8, 4) is 0 Å². The first-order chi connectivity index (χ1) is 16.8. The van der Waals surface area contributed by atoms with Crippen LogP contribution in [0.3, 0.4) is 0 Å². The van der Waals surface area contributed by atoms with E-state index >= 15 is 0 Å². The lowest BCUT2D eigenvalue weighted by molar-refractivity contribution is 0.583. The van der Waals surface area contributed by atoms with E-state index in [1.165, 1.54) is 22.3 Å². The molecule has 1 aromatic rings. The minimum atomic E-state index is -0.0511. The topological polar surface area (TPSA) is 36.8 Å². The molecule has 3 heteroatoms. The summed E-state index contributed by atoms with van der Waals surface area (Å²) in [4.78, 5) is 8.15. The number of hydrogen-bond acceptors (Lipinski definition) is 3. The second kappa shape index (κ2) is 21.5. The third-order valence-corrected chi connectivity index (χ3v) is 5.05. The number of nitrogens with one attached hydrogen (secondary N) is 1. The summed E-state index contributed by atoms with van der Waals surface area (Å²) in [5.41, 5.74) is 8.94. The molecule has 36 heavy (non-hydrogen) atoms. The van der Waals surface area contributed by atoms with Crippen molar-refractivity contribution >= 4 is 12.4 Å². The van der Waals surface area contributed by atoms with Crippen molar-refractivity contribution in [2.24, 2.45) is 15.4 Å². The summed E-state index contributed by atoms with van der Waals surface area (Å²) < 4.78 is 0. The fourth-order valence-electron chi connectivity index (χ4n) is 2.65. The number of hydrogen-bond donors (Lipinski definition) is 1. The van der Waals surface area contributed by atoms with Crippen LogP contribution in [0.4, 0.5) is 0 Å². The Morgan fingerprint density at radius 3 is 1.94 bits per heavy atom. The lowest BCUT2D eigenvalue weighted by Crippen LogP contribution is -2.09. The van der Waals surface area contributed by atoms with Gasteiger partial charge < -0.3 is 5.32 Å². The maximum absolute atomic E-state index is 4.46. The molecule has 0 amide bonds.